The summed E-state index contributed by atoms with van der Waals surface area (Å²) in [5.41, 5.74) is 5.44. The summed E-state index contributed by atoms with van der Waals surface area (Å²) >= 11 is 0. The van der Waals surface area contributed by atoms with Gasteiger partial charge in [0.2, 0.25) is 0 Å². The van der Waals surface area contributed by atoms with Gasteiger partial charge in [-0.3, -0.25) is 0 Å². The standard InChI is InChI=1S/C17H26/c1-6-16(4)10-11-17(5,7-2)15-12-13(3)8-9-14(15)16/h8-9,12H,6-7,10-11H2,1-5H3. The third kappa shape index (κ3) is 1.92. The van der Waals surface area contributed by atoms with Gasteiger partial charge >= 0.3 is 0 Å². The lowest BCUT2D eigenvalue weighted by molar-refractivity contribution is 0.283. The first-order valence-corrected chi connectivity index (χ1v) is 7.07. The molecule has 0 N–H and O–H groups in total. The molecule has 1 aromatic rings. The first-order chi connectivity index (χ1) is 7.95. The molecule has 0 heteroatoms. The van der Waals surface area contributed by atoms with E-state index in [1.165, 1.54) is 31.2 Å². The van der Waals surface area contributed by atoms with Crippen molar-refractivity contribution in [2.75, 3.05) is 0 Å². The fraction of sp³-hybridized carbons (Fsp3) is 0.647. The average molecular weight is 230 g/mol. The highest BCUT2D eigenvalue weighted by Gasteiger charge is 2.39. The molecular weight excluding hydrogens is 204 g/mol. The van der Waals surface area contributed by atoms with Crippen LogP contribution in [0.25, 0.3) is 0 Å². The summed E-state index contributed by atoms with van der Waals surface area (Å²) in [6, 6.07) is 7.11. The SMILES string of the molecule is CCC1(C)CCC(C)(CC)c2cc(C)ccc21. The number of hydrogen-bond donors (Lipinski definition) is 0. The number of fused-ring (bicyclic) bond motifs is 1. The molecule has 0 spiro atoms. The monoisotopic (exact) mass is 230 g/mol. The molecule has 0 radical (unpaired) electrons. The molecular formula is C17H26. The molecule has 2 atom stereocenters. The van der Waals surface area contributed by atoms with E-state index in [1.807, 2.05) is 0 Å². The molecule has 0 saturated heterocycles. The Morgan fingerprint density at radius 2 is 1.47 bits per heavy atom. The minimum absolute atomic E-state index is 0.399. The van der Waals surface area contributed by atoms with Gasteiger partial charge in [-0.15, -0.1) is 0 Å². The van der Waals surface area contributed by atoms with Crippen molar-refractivity contribution in [3.05, 3.63) is 34.9 Å². The van der Waals surface area contributed by atoms with Crippen LogP contribution >= 0.6 is 0 Å². The zero-order valence-electron chi connectivity index (χ0n) is 12.1. The minimum atomic E-state index is 0.399. The van der Waals surface area contributed by atoms with E-state index in [1.54, 1.807) is 11.1 Å². The molecule has 0 saturated carbocycles. The van der Waals surface area contributed by atoms with Crippen LogP contribution in [0.1, 0.15) is 70.1 Å². The largest absolute Gasteiger partial charge is 0.0645 e. The van der Waals surface area contributed by atoms with E-state index >= 15 is 0 Å². The van der Waals surface area contributed by atoms with Crippen LogP contribution in [0, 0.1) is 6.92 Å². The molecule has 0 fully saturated rings. The van der Waals surface area contributed by atoms with Crippen LogP contribution in [0.3, 0.4) is 0 Å². The molecule has 17 heavy (non-hydrogen) atoms. The number of rotatable bonds is 2. The van der Waals surface area contributed by atoms with Gasteiger partial charge in [-0.25, -0.2) is 0 Å². The van der Waals surface area contributed by atoms with Gasteiger partial charge in [0.15, 0.2) is 0 Å². The van der Waals surface area contributed by atoms with E-state index in [4.69, 9.17) is 0 Å². The normalized spacial score (nSPS) is 32.3. The minimum Gasteiger partial charge on any atom is -0.0645 e. The Morgan fingerprint density at radius 1 is 0.941 bits per heavy atom. The van der Waals surface area contributed by atoms with Crippen molar-refractivity contribution in [2.45, 2.75) is 71.1 Å². The quantitative estimate of drug-likeness (QED) is 0.661. The Hall–Kier alpha value is -0.780. The average Bonchev–Trinajstić information content (AvgIpc) is 2.34. The Kier molecular flexibility index (Phi) is 3.10. The van der Waals surface area contributed by atoms with Crippen molar-refractivity contribution in [2.24, 2.45) is 0 Å². The zero-order valence-corrected chi connectivity index (χ0v) is 12.1. The molecule has 2 unspecified atom stereocenters. The maximum absolute atomic E-state index is 2.44. The predicted octanol–water partition coefficient (Wildman–Crippen LogP) is 5.12. The van der Waals surface area contributed by atoms with E-state index in [2.05, 4.69) is 52.8 Å². The topological polar surface area (TPSA) is 0 Å². The highest BCUT2D eigenvalue weighted by atomic mass is 14.4. The van der Waals surface area contributed by atoms with Crippen LogP contribution in [0.15, 0.2) is 18.2 Å². The van der Waals surface area contributed by atoms with Crippen molar-refractivity contribution in [3.63, 3.8) is 0 Å². The molecule has 1 aromatic carbocycles. The van der Waals surface area contributed by atoms with Crippen molar-refractivity contribution >= 4 is 0 Å². The number of aryl methyl sites for hydroxylation is 1. The van der Waals surface area contributed by atoms with Crippen LogP contribution < -0.4 is 0 Å². The van der Waals surface area contributed by atoms with Crippen LogP contribution in [0.5, 0.6) is 0 Å². The maximum Gasteiger partial charge on any atom is -0.00745 e. The summed E-state index contributed by atoms with van der Waals surface area (Å²) in [4.78, 5) is 0. The zero-order chi connectivity index (χ0) is 12.7. The molecule has 0 aromatic heterocycles. The second kappa shape index (κ2) is 4.15. The Morgan fingerprint density at radius 3 is 2.00 bits per heavy atom. The molecule has 1 aliphatic carbocycles. The van der Waals surface area contributed by atoms with Gasteiger partial charge in [-0.1, -0.05) is 51.5 Å². The maximum atomic E-state index is 2.44. The third-order valence-corrected chi connectivity index (χ3v) is 5.26. The molecule has 0 bridgehead atoms. The van der Waals surface area contributed by atoms with Gasteiger partial charge in [-0.2, -0.15) is 0 Å². The van der Waals surface area contributed by atoms with Crippen LogP contribution in [0.2, 0.25) is 0 Å². The molecule has 0 heterocycles. The predicted molar refractivity (Wildman–Crippen MR) is 75.7 cm³/mol. The fourth-order valence-corrected chi connectivity index (χ4v) is 3.24. The summed E-state index contributed by atoms with van der Waals surface area (Å²) < 4.78 is 0. The van der Waals surface area contributed by atoms with Gasteiger partial charge in [0.25, 0.3) is 0 Å². The van der Waals surface area contributed by atoms with E-state index < -0.39 is 0 Å². The summed E-state index contributed by atoms with van der Waals surface area (Å²) in [5, 5.41) is 0. The summed E-state index contributed by atoms with van der Waals surface area (Å²) in [6.45, 7) is 11.8. The molecule has 0 aliphatic heterocycles. The molecule has 2 rings (SSSR count). The van der Waals surface area contributed by atoms with Gasteiger partial charge in [0.05, 0.1) is 0 Å². The summed E-state index contributed by atoms with van der Waals surface area (Å²) in [6.07, 6.45) is 5.18. The molecule has 0 amide bonds. The van der Waals surface area contributed by atoms with Crippen molar-refractivity contribution in [3.8, 4) is 0 Å². The van der Waals surface area contributed by atoms with E-state index in [9.17, 15) is 0 Å². The second-order valence-corrected chi connectivity index (χ2v) is 6.38. The number of benzene rings is 1. The van der Waals surface area contributed by atoms with Crippen molar-refractivity contribution < 1.29 is 0 Å². The highest BCUT2D eigenvalue weighted by Crippen LogP contribution is 2.49. The van der Waals surface area contributed by atoms with E-state index in [0.29, 0.717) is 10.8 Å². The van der Waals surface area contributed by atoms with Gasteiger partial charge in [-0.05, 0) is 54.6 Å². The Balaban J connectivity index is 2.62. The first kappa shape index (κ1) is 12.7. The lowest BCUT2D eigenvalue weighted by Gasteiger charge is -2.45. The summed E-state index contributed by atoms with van der Waals surface area (Å²) in [7, 11) is 0. The third-order valence-electron chi connectivity index (χ3n) is 5.26. The van der Waals surface area contributed by atoms with Crippen LogP contribution in [-0.4, -0.2) is 0 Å². The van der Waals surface area contributed by atoms with Gasteiger partial charge in [0, 0.05) is 0 Å². The van der Waals surface area contributed by atoms with E-state index in [0.717, 1.165) is 0 Å². The van der Waals surface area contributed by atoms with Crippen LogP contribution in [-0.2, 0) is 10.8 Å². The second-order valence-electron chi connectivity index (χ2n) is 6.38. The van der Waals surface area contributed by atoms with Crippen LogP contribution in [0.4, 0.5) is 0 Å². The molecule has 94 valence electrons. The lowest BCUT2D eigenvalue weighted by Crippen LogP contribution is -2.36. The number of hydrogen-bond acceptors (Lipinski definition) is 0. The lowest BCUT2D eigenvalue weighted by atomic mass is 9.60. The Bertz CT molecular complexity index is 418. The Labute approximate surface area is 106 Å². The smallest absolute Gasteiger partial charge is 0.00745 e. The fourth-order valence-electron chi connectivity index (χ4n) is 3.24. The molecule has 0 nitrogen and oxygen atoms in total. The molecule has 1 aliphatic rings. The highest BCUT2D eigenvalue weighted by molar-refractivity contribution is 5.44. The van der Waals surface area contributed by atoms with Crippen molar-refractivity contribution in [1.29, 1.82) is 0 Å². The summed E-state index contributed by atoms with van der Waals surface area (Å²) in [5.74, 6) is 0. The van der Waals surface area contributed by atoms with Gasteiger partial charge in [0.1, 0.15) is 0 Å². The van der Waals surface area contributed by atoms with E-state index in [-0.39, 0.29) is 0 Å². The van der Waals surface area contributed by atoms with Gasteiger partial charge < -0.3 is 0 Å². The van der Waals surface area contributed by atoms with Crippen molar-refractivity contribution in [1.82, 2.24) is 0 Å². The first-order valence-electron chi connectivity index (χ1n) is 7.07.